The quantitative estimate of drug-likeness (QED) is 0.850. The van der Waals surface area contributed by atoms with Crippen LogP contribution in [0.15, 0.2) is 18.2 Å². The monoisotopic (exact) mass is 279 g/mol. The van der Waals surface area contributed by atoms with Gasteiger partial charge in [-0.25, -0.2) is 4.39 Å². The molecule has 0 fully saturated rings. The first-order chi connectivity index (χ1) is 8.63. The minimum absolute atomic E-state index is 0.151. The molecule has 19 heavy (non-hydrogen) atoms. The Hall–Kier alpha value is -1.30. The largest absolute Gasteiger partial charge is 0.405 e. The molecular weight excluding hydrogens is 262 g/mol. The van der Waals surface area contributed by atoms with Gasteiger partial charge in [0.05, 0.1) is 11.8 Å². The average molecular weight is 279 g/mol. The number of para-hydroxylation sites is 1. The first-order valence-corrected chi connectivity index (χ1v) is 5.93. The van der Waals surface area contributed by atoms with E-state index >= 15 is 0 Å². The predicted octanol–water partition coefficient (Wildman–Crippen LogP) is 3.66. The smallest absolute Gasteiger partial charge is 0.389 e. The van der Waals surface area contributed by atoms with Crippen LogP contribution in [0.1, 0.15) is 32.4 Å². The van der Waals surface area contributed by atoms with Gasteiger partial charge in [0.15, 0.2) is 0 Å². The Bertz CT molecular complexity index is 429. The van der Waals surface area contributed by atoms with Crippen LogP contribution in [-0.4, -0.2) is 23.9 Å². The molecule has 2 nitrogen and oxygen atoms in total. The maximum atomic E-state index is 13.9. The van der Waals surface area contributed by atoms with Crippen molar-refractivity contribution in [3.63, 3.8) is 0 Å². The van der Waals surface area contributed by atoms with Crippen molar-refractivity contribution in [2.45, 2.75) is 39.1 Å². The van der Waals surface area contributed by atoms with E-state index in [1.165, 1.54) is 19.1 Å². The number of hydrogen-bond donors (Lipinski definition) is 1. The summed E-state index contributed by atoms with van der Waals surface area (Å²) in [5.74, 6) is -0.767. The van der Waals surface area contributed by atoms with Gasteiger partial charge in [-0.15, -0.1) is 0 Å². The van der Waals surface area contributed by atoms with Crippen molar-refractivity contribution in [2.24, 2.45) is 0 Å². The van der Waals surface area contributed by atoms with Gasteiger partial charge < -0.3 is 10.0 Å². The van der Waals surface area contributed by atoms with Crippen molar-refractivity contribution < 1.29 is 22.7 Å². The van der Waals surface area contributed by atoms with E-state index in [9.17, 15) is 22.7 Å². The number of aliphatic hydroxyl groups excluding tert-OH is 1. The summed E-state index contributed by atoms with van der Waals surface area (Å²) in [7, 11) is 0. The van der Waals surface area contributed by atoms with E-state index in [2.05, 4.69) is 0 Å². The summed E-state index contributed by atoms with van der Waals surface area (Å²) in [6.07, 6.45) is -5.48. The third-order valence-corrected chi connectivity index (χ3v) is 2.73. The minimum Gasteiger partial charge on any atom is -0.389 e. The van der Waals surface area contributed by atoms with E-state index in [1.54, 1.807) is 13.8 Å². The lowest BCUT2D eigenvalue weighted by Gasteiger charge is -2.32. The molecule has 0 aliphatic rings. The van der Waals surface area contributed by atoms with Gasteiger partial charge in [0.1, 0.15) is 12.4 Å². The highest BCUT2D eigenvalue weighted by molar-refractivity contribution is 5.56. The molecular formula is C13H17F4NO. The molecule has 1 unspecified atom stereocenters. The van der Waals surface area contributed by atoms with E-state index in [-0.39, 0.29) is 11.3 Å². The highest BCUT2D eigenvalue weighted by atomic mass is 19.4. The average Bonchev–Trinajstić information content (AvgIpc) is 2.24. The molecule has 0 spiro atoms. The molecule has 0 aliphatic carbocycles. The number of halogens is 4. The normalized spacial score (nSPS) is 13.7. The van der Waals surface area contributed by atoms with Crippen LogP contribution >= 0.6 is 0 Å². The number of nitrogens with zero attached hydrogens (tertiary/aromatic N) is 1. The summed E-state index contributed by atoms with van der Waals surface area (Å²) in [5.41, 5.74) is -0.0391. The zero-order valence-electron chi connectivity index (χ0n) is 11.0. The van der Waals surface area contributed by atoms with E-state index in [4.69, 9.17) is 0 Å². The molecule has 1 N–H and O–H groups in total. The van der Waals surface area contributed by atoms with Crippen molar-refractivity contribution in [1.82, 2.24) is 0 Å². The zero-order chi connectivity index (χ0) is 14.8. The van der Waals surface area contributed by atoms with Crippen molar-refractivity contribution in [2.75, 3.05) is 11.4 Å². The number of anilines is 1. The molecule has 6 heteroatoms. The number of hydrogen-bond acceptors (Lipinski definition) is 2. The van der Waals surface area contributed by atoms with Gasteiger partial charge in [-0.2, -0.15) is 13.2 Å². The number of aliphatic hydroxyl groups is 1. The lowest BCUT2D eigenvalue weighted by atomic mass is 10.1. The number of alkyl halides is 3. The topological polar surface area (TPSA) is 23.5 Å². The van der Waals surface area contributed by atoms with Gasteiger partial charge in [-0.3, -0.25) is 0 Å². The van der Waals surface area contributed by atoms with Gasteiger partial charge in [-0.05, 0) is 26.8 Å². The summed E-state index contributed by atoms with van der Waals surface area (Å²) in [4.78, 5) is 0.914. The number of rotatable bonds is 4. The maximum absolute atomic E-state index is 13.9. The SMILES string of the molecule is CC(O)c1cccc(F)c1N(CC(F)(F)F)C(C)C. The summed E-state index contributed by atoms with van der Waals surface area (Å²) in [5, 5.41) is 9.58. The molecule has 0 aromatic heterocycles. The molecule has 0 heterocycles. The number of benzene rings is 1. The highest BCUT2D eigenvalue weighted by Gasteiger charge is 2.34. The van der Waals surface area contributed by atoms with Gasteiger partial charge >= 0.3 is 6.18 Å². The summed E-state index contributed by atoms with van der Waals surface area (Å²) in [6.45, 7) is 3.23. The molecule has 1 atom stereocenters. The fraction of sp³-hybridized carbons (Fsp3) is 0.538. The second-order valence-corrected chi connectivity index (χ2v) is 4.69. The molecule has 108 valence electrons. The van der Waals surface area contributed by atoms with Crippen molar-refractivity contribution >= 4 is 5.69 Å². The first kappa shape index (κ1) is 15.8. The second kappa shape index (κ2) is 5.77. The van der Waals surface area contributed by atoms with Gasteiger partial charge in [0.2, 0.25) is 0 Å². The predicted molar refractivity (Wildman–Crippen MR) is 65.6 cm³/mol. The molecule has 1 aromatic carbocycles. The zero-order valence-corrected chi connectivity index (χ0v) is 11.0. The minimum atomic E-state index is -4.44. The van der Waals surface area contributed by atoms with Gasteiger partial charge in [-0.1, -0.05) is 12.1 Å². The van der Waals surface area contributed by atoms with Gasteiger partial charge in [0.25, 0.3) is 0 Å². The fourth-order valence-electron chi connectivity index (χ4n) is 1.89. The third kappa shape index (κ3) is 4.09. The fourth-order valence-corrected chi connectivity index (χ4v) is 1.89. The summed E-state index contributed by atoms with van der Waals surface area (Å²) in [6, 6.07) is 3.34. The highest BCUT2D eigenvalue weighted by Crippen LogP contribution is 2.32. The molecule has 0 aliphatic heterocycles. The Morgan fingerprint density at radius 2 is 1.79 bits per heavy atom. The summed E-state index contributed by atoms with van der Waals surface area (Å²) < 4.78 is 51.6. The van der Waals surface area contributed by atoms with Crippen LogP contribution < -0.4 is 4.90 Å². The molecule has 0 amide bonds. The van der Waals surface area contributed by atoms with Crippen molar-refractivity contribution in [3.05, 3.63) is 29.6 Å². The molecule has 0 radical (unpaired) electrons. The standard InChI is InChI=1S/C13H17F4NO/c1-8(2)18(7-13(15,16)17)12-10(9(3)19)5-4-6-11(12)14/h4-6,8-9,19H,7H2,1-3H3. The Kier molecular flexibility index (Phi) is 4.79. The Balaban J connectivity index is 3.30. The first-order valence-electron chi connectivity index (χ1n) is 5.93. The van der Waals surface area contributed by atoms with Crippen LogP contribution in [0.2, 0.25) is 0 Å². The molecule has 1 rings (SSSR count). The maximum Gasteiger partial charge on any atom is 0.405 e. The summed E-state index contributed by atoms with van der Waals surface area (Å²) >= 11 is 0. The van der Waals surface area contributed by atoms with E-state index in [0.717, 1.165) is 11.0 Å². The molecule has 0 saturated heterocycles. The van der Waals surface area contributed by atoms with E-state index < -0.39 is 30.7 Å². The van der Waals surface area contributed by atoms with E-state index in [0.29, 0.717) is 0 Å². The van der Waals surface area contributed by atoms with Crippen LogP contribution in [0.4, 0.5) is 23.2 Å². The Morgan fingerprint density at radius 1 is 1.21 bits per heavy atom. The lowest BCUT2D eigenvalue weighted by Crippen LogP contribution is -2.40. The van der Waals surface area contributed by atoms with Crippen LogP contribution in [0.3, 0.4) is 0 Å². The van der Waals surface area contributed by atoms with Crippen molar-refractivity contribution in [3.8, 4) is 0 Å². The lowest BCUT2D eigenvalue weighted by molar-refractivity contribution is -0.120. The second-order valence-electron chi connectivity index (χ2n) is 4.69. The Morgan fingerprint density at radius 3 is 2.21 bits per heavy atom. The van der Waals surface area contributed by atoms with Crippen molar-refractivity contribution in [1.29, 1.82) is 0 Å². The Labute approximate surface area is 109 Å². The van der Waals surface area contributed by atoms with Crippen LogP contribution in [-0.2, 0) is 0 Å². The molecule has 0 saturated carbocycles. The molecule has 0 bridgehead atoms. The van der Waals surface area contributed by atoms with Crippen LogP contribution in [0.5, 0.6) is 0 Å². The third-order valence-electron chi connectivity index (χ3n) is 2.73. The van der Waals surface area contributed by atoms with E-state index in [1.807, 2.05) is 0 Å². The van der Waals surface area contributed by atoms with Gasteiger partial charge in [0, 0.05) is 11.6 Å². The van der Waals surface area contributed by atoms with Crippen LogP contribution in [0, 0.1) is 5.82 Å². The molecule has 1 aromatic rings. The van der Waals surface area contributed by atoms with Crippen LogP contribution in [0.25, 0.3) is 0 Å².